The Kier molecular flexibility index (Phi) is 20.4. The van der Waals surface area contributed by atoms with Crippen molar-refractivity contribution in [3.8, 4) is 0 Å². The summed E-state index contributed by atoms with van der Waals surface area (Å²) in [6, 6.07) is 1.11. The number of rotatable bonds is 26. The van der Waals surface area contributed by atoms with Crippen LogP contribution in [0.3, 0.4) is 0 Å². The summed E-state index contributed by atoms with van der Waals surface area (Å²) in [7, 11) is 0. The second-order valence-corrected chi connectivity index (χ2v) is 13.6. The first-order valence-corrected chi connectivity index (χ1v) is 18.7. The van der Waals surface area contributed by atoms with Gasteiger partial charge in [0.2, 0.25) is 41.4 Å². The third kappa shape index (κ3) is 18.4. The van der Waals surface area contributed by atoms with Crippen LogP contribution in [-0.4, -0.2) is 120 Å². The van der Waals surface area contributed by atoms with Gasteiger partial charge in [-0.2, -0.15) is 0 Å². The van der Waals surface area contributed by atoms with Crippen molar-refractivity contribution in [2.24, 2.45) is 44.4 Å². The Morgan fingerprint density at radius 3 is 1.62 bits per heavy atom. The molecule has 0 aliphatic carbocycles. The molecule has 1 aromatic carbocycles. The van der Waals surface area contributed by atoms with Crippen LogP contribution in [-0.2, 0) is 44.8 Å². The third-order valence-corrected chi connectivity index (χ3v) is 8.78. The minimum absolute atomic E-state index is 0.0115. The fraction of sp³-hybridized carbons (Fsp3) is 0.543. The fourth-order valence-electron chi connectivity index (χ4n) is 5.83. The van der Waals surface area contributed by atoms with Crippen molar-refractivity contribution in [1.29, 1.82) is 0 Å². The molecule has 58 heavy (non-hydrogen) atoms. The second-order valence-electron chi connectivity index (χ2n) is 13.6. The molecular formula is C35H56N14O9. The Labute approximate surface area is 334 Å². The third-order valence-electron chi connectivity index (χ3n) is 8.78. The Hall–Kier alpha value is -6.52. The minimum atomic E-state index is -1.70. The number of aliphatic imine (C=N–C) groups is 2. The maximum atomic E-state index is 13.9. The Bertz CT molecular complexity index is 1650. The molecule has 1 fully saturated rings. The van der Waals surface area contributed by atoms with Gasteiger partial charge in [-0.15, -0.1) is 0 Å². The van der Waals surface area contributed by atoms with Crippen LogP contribution in [0.4, 0.5) is 0 Å². The molecule has 23 heteroatoms. The molecule has 23 nitrogen and oxygen atoms in total. The Balaban J connectivity index is 2.37. The van der Waals surface area contributed by atoms with Crippen LogP contribution in [0.5, 0.6) is 0 Å². The highest BCUT2D eigenvalue weighted by Gasteiger charge is 2.34. The molecule has 1 aliphatic rings. The van der Waals surface area contributed by atoms with Gasteiger partial charge in [0.15, 0.2) is 11.9 Å². The number of hydrogen-bond donors (Lipinski definition) is 13. The number of carbonyl (C=O) groups excluding carboxylic acids is 7. The van der Waals surface area contributed by atoms with Crippen LogP contribution >= 0.6 is 0 Å². The van der Waals surface area contributed by atoms with Gasteiger partial charge in [0, 0.05) is 25.9 Å². The van der Waals surface area contributed by atoms with Gasteiger partial charge in [0.1, 0.15) is 30.2 Å². The van der Waals surface area contributed by atoms with E-state index in [1.54, 1.807) is 30.3 Å². The Morgan fingerprint density at radius 1 is 0.655 bits per heavy atom. The van der Waals surface area contributed by atoms with E-state index in [0.717, 1.165) is 6.42 Å². The quantitative estimate of drug-likeness (QED) is 0.0236. The van der Waals surface area contributed by atoms with E-state index in [0.29, 0.717) is 18.5 Å². The number of amides is 7. The first kappa shape index (κ1) is 47.6. The zero-order valence-corrected chi connectivity index (χ0v) is 32.1. The monoisotopic (exact) mass is 816 g/mol. The van der Waals surface area contributed by atoms with Crippen molar-refractivity contribution in [3.63, 3.8) is 0 Å². The lowest BCUT2D eigenvalue weighted by Crippen LogP contribution is -2.60. The predicted octanol–water partition coefficient (Wildman–Crippen LogP) is -5.26. The number of aliphatic carboxylic acids is 1. The fourth-order valence-corrected chi connectivity index (χ4v) is 5.83. The van der Waals surface area contributed by atoms with Crippen molar-refractivity contribution < 1.29 is 43.5 Å². The van der Waals surface area contributed by atoms with Crippen LogP contribution in [0, 0.1) is 0 Å². The van der Waals surface area contributed by atoms with Gasteiger partial charge in [-0.05, 0) is 57.1 Å². The van der Waals surface area contributed by atoms with E-state index in [2.05, 4.69) is 41.9 Å². The lowest BCUT2D eigenvalue weighted by molar-refractivity contribution is -0.142. The smallest absolute Gasteiger partial charge is 0.326 e. The molecule has 0 bridgehead atoms. The molecule has 6 atom stereocenters. The molecule has 0 saturated carbocycles. The molecule has 1 aliphatic heterocycles. The van der Waals surface area contributed by atoms with E-state index < -0.39 is 90.0 Å². The maximum absolute atomic E-state index is 13.9. The molecular weight excluding hydrogens is 760 g/mol. The van der Waals surface area contributed by atoms with Crippen LogP contribution < -0.4 is 66.3 Å². The van der Waals surface area contributed by atoms with Crippen molar-refractivity contribution in [2.75, 3.05) is 19.6 Å². The van der Waals surface area contributed by atoms with Gasteiger partial charge in [-0.1, -0.05) is 30.3 Å². The normalized spacial score (nSPS) is 15.8. The average Bonchev–Trinajstić information content (AvgIpc) is 3.70. The molecule has 0 aromatic heterocycles. The van der Waals surface area contributed by atoms with Crippen molar-refractivity contribution in [1.82, 2.24) is 31.9 Å². The summed E-state index contributed by atoms with van der Waals surface area (Å²) < 4.78 is 0. The molecule has 1 aromatic rings. The summed E-state index contributed by atoms with van der Waals surface area (Å²) in [6.45, 7) is 0.699. The van der Waals surface area contributed by atoms with Gasteiger partial charge < -0.3 is 71.4 Å². The average molecular weight is 817 g/mol. The van der Waals surface area contributed by atoms with Crippen LogP contribution in [0.15, 0.2) is 40.3 Å². The van der Waals surface area contributed by atoms with E-state index in [4.69, 9.17) is 34.4 Å². The molecule has 6 unspecified atom stereocenters. The van der Waals surface area contributed by atoms with E-state index in [1.165, 1.54) is 0 Å². The largest absolute Gasteiger partial charge is 0.480 e. The number of nitrogens with zero attached hydrogens (tertiary/aromatic N) is 2. The van der Waals surface area contributed by atoms with Crippen molar-refractivity contribution >= 4 is 59.2 Å². The summed E-state index contributed by atoms with van der Waals surface area (Å²) in [5.41, 5.74) is 32.9. The molecule has 2 rings (SSSR count). The van der Waals surface area contributed by atoms with Gasteiger partial charge >= 0.3 is 5.97 Å². The summed E-state index contributed by atoms with van der Waals surface area (Å²) in [5.74, 6) is -7.89. The summed E-state index contributed by atoms with van der Waals surface area (Å²) >= 11 is 0. The maximum Gasteiger partial charge on any atom is 0.326 e. The molecule has 320 valence electrons. The number of hydrogen-bond acceptors (Lipinski definition) is 11. The zero-order chi connectivity index (χ0) is 43.2. The number of nitrogens with one attached hydrogen (secondary N) is 6. The SMILES string of the molecule is NC(=O)CCC(NC(=O)C(CCCN=C(N)N)NC(=O)C(CC(N)=O)NC(=O)C(CCCN=C(N)N)NC(=O)C(Cc1ccccc1)NC(=O)C1CCCN1)C(=O)O. The highest BCUT2D eigenvalue weighted by molar-refractivity contribution is 5.98. The zero-order valence-electron chi connectivity index (χ0n) is 32.1. The number of carboxylic acid groups (broad SMARTS) is 1. The molecule has 0 radical (unpaired) electrons. The van der Waals surface area contributed by atoms with Crippen LogP contribution in [0.2, 0.25) is 0 Å². The number of carbonyl (C=O) groups is 8. The molecule has 7 amide bonds. The number of nitrogens with two attached hydrogens (primary N) is 6. The van der Waals surface area contributed by atoms with Gasteiger partial charge in [-0.25, -0.2) is 4.79 Å². The first-order chi connectivity index (χ1) is 27.5. The van der Waals surface area contributed by atoms with Crippen molar-refractivity contribution in [2.45, 2.75) is 100 Å². The Morgan fingerprint density at radius 2 is 1.16 bits per heavy atom. The molecule has 1 heterocycles. The van der Waals surface area contributed by atoms with Gasteiger partial charge in [-0.3, -0.25) is 43.5 Å². The van der Waals surface area contributed by atoms with E-state index >= 15 is 0 Å². The number of primary amides is 2. The lowest BCUT2D eigenvalue weighted by atomic mass is 10.0. The first-order valence-electron chi connectivity index (χ1n) is 18.7. The summed E-state index contributed by atoms with van der Waals surface area (Å²) in [4.78, 5) is 111. The van der Waals surface area contributed by atoms with Crippen LogP contribution in [0.25, 0.3) is 0 Å². The second kappa shape index (κ2) is 24.9. The number of benzene rings is 1. The van der Waals surface area contributed by atoms with E-state index in [-0.39, 0.29) is 70.0 Å². The molecule has 0 spiro atoms. The standard InChI is InChI=1S/C35H56N14O9/c36-26(50)13-12-23(33(57)58)47-29(53)21(10-5-15-43-34(38)39)46-32(56)25(18-27(37)51)49-30(54)22(11-6-16-44-35(40)41)45-31(55)24(17-19-7-2-1-3-8-19)48-28(52)20-9-4-14-42-20/h1-3,7-8,20-25,42H,4-6,9-18H2,(H2,36,50)(H2,37,51)(H,45,55)(H,46,56)(H,47,53)(H,48,52)(H,49,54)(H,57,58)(H4,38,39,43)(H4,40,41,44). The molecule has 19 N–H and O–H groups in total. The predicted molar refractivity (Wildman–Crippen MR) is 211 cm³/mol. The van der Waals surface area contributed by atoms with Crippen molar-refractivity contribution in [3.05, 3.63) is 35.9 Å². The topological polar surface area (TPSA) is 410 Å². The highest BCUT2D eigenvalue weighted by atomic mass is 16.4. The minimum Gasteiger partial charge on any atom is -0.480 e. The summed E-state index contributed by atoms with van der Waals surface area (Å²) in [5, 5.41) is 25.2. The van der Waals surface area contributed by atoms with Gasteiger partial charge in [0.05, 0.1) is 12.5 Å². The van der Waals surface area contributed by atoms with Crippen LogP contribution in [0.1, 0.15) is 63.4 Å². The van der Waals surface area contributed by atoms with E-state index in [1.807, 2.05) is 0 Å². The van der Waals surface area contributed by atoms with E-state index in [9.17, 15) is 43.5 Å². The number of carboxylic acids is 1. The number of guanidine groups is 2. The lowest BCUT2D eigenvalue weighted by Gasteiger charge is -2.27. The molecule has 1 saturated heterocycles. The summed E-state index contributed by atoms with van der Waals surface area (Å²) in [6.07, 6.45) is -0.0405. The highest BCUT2D eigenvalue weighted by Crippen LogP contribution is 2.10. The van der Waals surface area contributed by atoms with Gasteiger partial charge in [0.25, 0.3) is 0 Å².